The Balaban J connectivity index is 1.44. The highest BCUT2D eigenvalue weighted by molar-refractivity contribution is 8.00. The van der Waals surface area contributed by atoms with Gasteiger partial charge < -0.3 is 10.2 Å². The molecule has 174 valence electrons. The van der Waals surface area contributed by atoms with Crippen molar-refractivity contribution in [3.8, 4) is 0 Å². The van der Waals surface area contributed by atoms with Crippen molar-refractivity contribution in [1.82, 2.24) is 9.88 Å². The molecule has 0 bridgehead atoms. The largest absolute Gasteiger partial charge is 0.446 e. The van der Waals surface area contributed by atoms with E-state index in [1.807, 2.05) is 12.4 Å². The molecule has 8 heteroatoms. The number of thioether (sulfide) groups is 1. The summed E-state index contributed by atoms with van der Waals surface area (Å²) in [6.45, 7) is 6.77. The molecule has 2 fully saturated rings. The van der Waals surface area contributed by atoms with Crippen molar-refractivity contribution in [3.05, 3.63) is 48.3 Å². The predicted molar refractivity (Wildman–Crippen MR) is 125 cm³/mol. The van der Waals surface area contributed by atoms with Crippen LogP contribution < -0.4 is 10.2 Å². The number of anilines is 2. The van der Waals surface area contributed by atoms with Gasteiger partial charge in [-0.2, -0.15) is 13.2 Å². The molecular formula is C24H31F3N4S. The molecular weight excluding hydrogens is 433 g/mol. The van der Waals surface area contributed by atoms with Crippen LogP contribution in [0.5, 0.6) is 0 Å². The molecule has 2 heterocycles. The Morgan fingerprint density at radius 2 is 1.81 bits per heavy atom. The highest BCUT2D eigenvalue weighted by Crippen LogP contribution is 2.38. The molecule has 0 atom stereocenters. The van der Waals surface area contributed by atoms with Crippen molar-refractivity contribution >= 4 is 23.1 Å². The minimum absolute atomic E-state index is 0.0647. The summed E-state index contributed by atoms with van der Waals surface area (Å²) in [4.78, 5) is 9.22. The first kappa shape index (κ1) is 23.2. The van der Waals surface area contributed by atoms with E-state index >= 15 is 0 Å². The van der Waals surface area contributed by atoms with Gasteiger partial charge in [-0.25, -0.2) is 0 Å². The third-order valence-electron chi connectivity index (χ3n) is 6.45. The Labute approximate surface area is 192 Å². The minimum atomic E-state index is -4.26. The molecule has 1 saturated heterocycles. The van der Waals surface area contributed by atoms with Gasteiger partial charge in [0.2, 0.25) is 0 Å². The first-order valence-corrected chi connectivity index (χ1v) is 12.1. The van der Waals surface area contributed by atoms with E-state index in [1.54, 1.807) is 24.3 Å². The van der Waals surface area contributed by atoms with Crippen LogP contribution in [0, 0.1) is 0 Å². The molecule has 1 aromatic heterocycles. The summed E-state index contributed by atoms with van der Waals surface area (Å²) >= 11 is -0.0720. The molecule has 2 aliphatic rings. The summed E-state index contributed by atoms with van der Waals surface area (Å²) < 4.78 is 37.9. The number of benzene rings is 1. The molecule has 32 heavy (non-hydrogen) atoms. The second-order valence-corrected chi connectivity index (χ2v) is 10.5. The molecule has 0 radical (unpaired) electrons. The first-order chi connectivity index (χ1) is 15.2. The van der Waals surface area contributed by atoms with Crippen LogP contribution in [0.2, 0.25) is 0 Å². The van der Waals surface area contributed by atoms with Gasteiger partial charge in [-0.15, -0.1) is 0 Å². The van der Waals surface area contributed by atoms with Crippen LogP contribution in [-0.4, -0.2) is 40.2 Å². The van der Waals surface area contributed by atoms with Gasteiger partial charge in [-0.05, 0) is 74.3 Å². The highest BCUT2D eigenvalue weighted by Gasteiger charge is 2.37. The number of halogens is 3. The van der Waals surface area contributed by atoms with Gasteiger partial charge in [0.05, 0.1) is 18.6 Å². The van der Waals surface area contributed by atoms with Crippen LogP contribution in [0.1, 0.15) is 51.5 Å². The smallest absolute Gasteiger partial charge is 0.381 e. The molecule has 1 aliphatic heterocycles. The van der Waals surface area contributed by atoms with Crippen molar-refractivity contribution < 1.29 is 13.2 Å². The van der Waals surface area contributed by atoms with Crippen molar-refractivity contribution in [2.75, 3.05) is 23.4 Å². The summed E-state index contributed by atoms with van der Waals surface area (Å²) in [5.41, 5.74) is -1.03. The van der Waals surface area contributed by atoms with E-state index in [1.165, 1.54) is 37.7 Å². The first-order valence-electron chi connectivity index (χ1n) is 11.2. The van der Waals surface area contributed by atoms with Crippen LogP contribution in [-0.2, 0) is 6.54 Å². The lowest BCUT2D eigenvalue weighted by Gasteiger charge is -2.31. The van der Waals surface area contributed by atoms with E-state index in [0.29, 0.717) is 6.04 Å². The second kappa shape index (κ2) is 9.51. The summed E-state index contributed by atoms with van der Waals surface area (Å²) in [6, 6.07) is 9.29. The van der Waals surface area contributed by atoms with Gasteiger partial charge in [-0.1, -0.05) is 19.3 Å². The summed E-state index contributed by atoms with van der Waals surface area (Å²) in [5.74, 6) is 0. The van der Waals surface area contributed by atoms with E-state index in [-0.39, 0.29) is 22.2 Å². The Kier molecular flexibility index (Phi) is 6.91. The van der Waals surface area contributed by atoms with Gasteiger partial charge in [-0.3, -0.25) is 9.88 Å². The average molecular weight is 465 g/mol. The zero-order chi connectivity index (χ0) is 22.8. The number of pyridine rings is 1. The number of hydrogen-bond acceptors (Lipinski definition) is 5. The predicted octanol–water partition coefficient (Wildman–Crippen LogP) is 6.50. The summed E-state index contributed by atoms with van der Waals surface area (Å²) in [5, 5.41) is 3.72. The van der Waals surface area contributed by atoms with E-state index in [0.717, 1.165) is 31.1 Å². The number of nitrogens with zero attached hydrogens (tertiary/aromatic N) is 3. The molecule has 1 aliphatic carbocycles. The molecule has 1 N–H and O–H groups in total. The molecule has 2 aromatic rings. The van der Waals surface area contributed by atoms with Crippen molar-refractivity contribution in [2.24, 2.45) is 0 Å². The fourth-order valence-electron chi connectivity index (χ4n) is 4.67. The summed E-state index contributed by atoms with van der Waals surface area (Å²) in [7, 11) is 0. The minimum Gasteiger partial charge on any atom is -0.381 e. The Morgan fingerprint density at radius 3 is 2.50 bits per heavy atom. The monoisotopic (exact) mass is 464 g/mol. The number of alkyl halides is 3. The van der Waals surface area contributed by atoms with Crippen molar-refractivity contribution in [3.63, 3.8) is 0 Å². The maximum Gasteiger partial charge on any atom is 0.446 e. The van der Waals surface area contributed by atoms with Gasteiger partial charge in [0.1, 0.15) is 0 Å². The number of hydrogen-bond donors (Lipinski definition) is 1. The standard InChI is InChI=1S/C24H31F3N4S/c1-23(2)16-30(20-8-10-21(11-9-20)32-24(25,26)27)17-31(23)15-18-12-13-28-14-22(18)29-19-6-4-3-5-7-19/h8-14,19,29H,3-7,15-17H2,1-2H3. The fourth-order valence-corrected chi connectivity index (χ4v) is 5.21. The summed E-state index contributed by atoms with van der Waals surface area (Å²) in [6.07, 6.45) is 10.1. The third kappa shape index (κ3) is 5.90. The lowest BCUT2D eigenvalue weighted by Crippen LogP contribution is -2.39. The van der Waals surface area contributed by atoms with Crippen molar-refractivity contribution in [1.29, 1.82) is 0 Å². The third-order valence-corrected chi connectivity index (χ3v) is 7.19. The van der Waals surface area contributed by atoms with Gasteiger partial charge in [0, 0.05) is 41.4 Å². The molecule has 0 unspecified atom stereocenters. The van der Waals surface area contributed by atoms with Crippen molar-refractivity contribution in [2.45, 2.75) is 74.5 Å². The van der Waals surface area contributed by atoms with Crippen LogP contribution in [0.4, 0.5) is 24.5 Å². The van der Waals surface area contributed by atoms with Crippen LogP contribution >= 0.6 is 11.8 Å². The molecule has 4 rings (SSSR count). The van der Waals surface area contributed by atoms with E-state index in [9.17, 15) is 13.2 Å². The topological polar surface area (TPSA) is 31.4 Å². The normalized spacial score (nSPS) is 20.0. The van der Waals surface area contributed by atoms with E-state index in [2.05, 4.69) is 40.0 Å². The van der Waals surface area contributed by atoms with Crippen LogP contribution in [0.3, 0.4) is 0 Å². The number of nitrogens with one attached hydrogen (secondary N) is 1. The zero-order valence-electron chi connectivity index (χ0n) is 18.7. The number of aromatic nitrogens is 1. The fraction of sp³-hybridized carbons (Fsp3) is 0.542. The average Bonchev–Trinajstić information content (AvgIpc) is 3.04. The van der Waals surface area contributed by atoms with E-state index in [4.69, 9.17) is 0 Å². The second-order valence-electron chi connectivity index (χ2n) is 9.40. The zero-order valence-corrected chi connectivity index (χ0v) is 19.5. The molecule has 4 nitrogen and oxygen atoms in total. The Bertz CT molecular complexity index is 895. The lowest BCUT2D eigenvalue weighted by atomic mass is 9.95. The molecule has 0 amide bonds. The maximum absolute atomic E-state index is 12.6. The lowest BCUT2D eigenvalue weighted by molar-refractivity contribution is -0.0328. The highest BCUT2D eigenvalue weighted by atomic mass is 32.2. The quantitative estimate of drug-likeness (QED) is 0.494. The van der Waals surface area contributed by atoms with Gasteiger partial charge >= 0.3 is 5.51 Å². The SMILES string of the molecule is CC1(C)CN(c2ccc(SC(F)(F)F)cc2)CN1Cc1ccncc1NC1CCCCC1. The molecule has 1 aromatic carbocycles. The van der Waals surface area contributed by atoms with Gasteiger partial charge in [0.15, 0.2) is 0 Å². The van der Waals surface area contributed by atoms with Crippen LogP contribution in [0.15, 0.2) is 47.6 Å². The van der Waals surface area contributed by atoms with Gasteiger partial charge in [0.25, 0.3) is 0 Å². The Hall–Kier alpha value is -1.93. The Morgan fingerprint density at radius 1 is 1.09 bits per heavy atom. The molecule has 0 spiro atoms. The van der Waals surface area contributed by atoms with E-state index < -0.39 is 5.51 Å². The van der Waals surface area contributed by atoms with Crippen LogP contribution in [0.25, 0.3) is 0 Å². The molecule has 1 saturated carbocycles. The maximum atomic E-state index is 12.6. The number of rotatable bonds is 6.